The van der Waals surface area contributed by atoms with Gasteiger partial charge in [-0.15, -0.1) is 0 Å². The third-order valence-electron chi connectivity index (χ3n) is 6.57. The number of fused-ring (bicyclic) bond motifs is 5. The van der Waals surface area contributed by atoms with Crippen molar-refractivity contribution in [3.8, 4) is 11.5 Å². The van der Waals surface area contributed by atoms with Crippen molar-refractivity contribution >= 4 is 27.6 Å². The lowest BCUT2D eigenvalue weighted by Crippen LogP contribution is -2.25. The average Bonchev–Trinajstić information content (AvgIpc) is 3.53. The van der Waals surface area contributed by atoms with Gasteiger partial charge in [-0.2, -0.15) is 0 Å². The lowest BCUT2D eigenvalue weighted by molar-refractivity contribution is 0.0994. The van der Waals surface area contributed by atoms with E-state index in [9.17, 15) is 9.18 Å². The minimum absolute atomic E-state index is 0.225. The summed E-state index contributed by atoms with van der Waals surface area (Å²) in [5, 5.41) is 2.28. The van der Waals surface area contributed by atoms with E-state index < -0.39 is 6.17 Å². The summed E-state index contributed by atoms with van der Waals surface area (Å²) in [4.78, 5) is 18.8. The molecule has 0 saturated carbocycles. The van der Waals surface area contributed by atoms with Gasteiger partial charge in [-0.25, -0.2) is 9.37 Å². The summed E-state index contributed by atoms with van der Waals surface area (Å²) in [6.45, 7) is 2.94. The van der Waals surface area contributed by atoms with Gasteiger partial charge in [0.05, 0.1) is 6.20 Å². The molecule has 0 bridgehead atoms. The topological polar surface area (TPSA) is 51.3 Å². The van der Waals surface area contributed by atoms with Crippen LogP contribution in [0.25, 0.3) is 33.3 Å². The van der Waals surface area contributed by atoms with E-state index in [4.69, 9.17) is 4.42 Å². The van der Waals surface area contributed by atoms with Gasteiger partial charge in [0.2, 0.25) is 5.89 Å². The molecule has 2 aliphatic rings. The van der Waals surface area contributed by atoms with Crippen molar-refractivity contribution in [2.75, 3.05) is 19.6 Å². The molecule has 6 rings (SSSR count). The smallest absolute Gasteiger partial charge is 0.225 e. The second-order valence-corrected chi connectivity index (χ2v) is 8.32. The maximum Gasteiger partial charge on any atom is 0.225 e. The van der Waals surface area contributed by atoms with Crippen molar-refractivity contribution in [2.24, 2.45) is 0 Å². The summed E-state index contributed by atoms with van der Waals surface area (Å²) in [5.74, 6) is 0.815. The lowest BCUT2D eigenvalue weighted by atomic mass is 10.0. The second kappa shape index (κ2) is 6.77. The van der Waals surface area contributed by atoms with E-state index in [1.54, 1.807) is 12.5 Å². The predicted molar refractivity (Wildman–Crippen MR) is 114 cm³/mol. The monoisotopic (exact) mass is 403 g/mol. The Morgan fingerprint density at radius 2 is 2.03 bits per heavy atom. The van der Waals surface area contributed by atoms with Crippen LogP contribution in [0.4, 0.5) is 4.39 Å². The van der Waals surface area contributed by atoms with E-state index in [1.807, 2.05) is 12.1 Å². The van der Waals surface area contributed by atoms with Crippen LogP contribution in [0.15, 0.2) is 47.2 Å². The highest BCUT2D eigenvalue weighted by Crippen LogP contribution is 2.38. The van der Waals surface area contributed by atoms with E-state index in [2.05, 4.69) is 32.7 Å². The maximum atomic E-state index is 13.6. The summed E-state index contributed by atoms with van der Waals surface area (Å²) in [6.07, 6.45) is 4.50. The number of carbonyl (C=O) groups excluding carboxylic acids is 1. The number of ketones is 1. The van der Waals surface area contributed by atoms with Crippen molar-refractivity contribution in [2.45, 2.75) is 32.0 Å². The van der Waals surface area contributed by atoms with Gasteiger partial charge in [-0.3, -0.25) is 9.69 Å². The summed E-state index contributed by atoms with van der Waals surface area (Å²) in [6, 6.07) is 10.3. The zero-order valence-corrected chi connectivity index (χ0v) is 16.6. The van der Waals surface area contributed by atoms with Crippen LogP contribution in [0.3, 0.4) is 0 Å². The Balaban J connectivity index is 1.53. The molecule has 152 valence electrons. The van der Waals surface area contributed by atoms with Gasteiger partial charge < -0.3 is 8.98 Å². The first kappa shape index (κ1) is 17.8. The summed E-state index contributed by atoms with van der Waals surface area (Å²) < 4.78 is 21.4. The average molecular weight is 403 g/mol. The number of likely N-dealkylation sites (tertiary alicyclic amines) is 1. The molecule has 6 heteroatoms. The summed E-state index contributed by atoms with van der Waals surface area (Å²) in [5.41, 5.74) is 5.19. The number of nitrogens with zero attached hydrogens (tertiary/aromatic N) is 3. The minimum Gasteiger partial charge on any atom is -0.445 e. The lowest BCUT2D eigenvalue weighted by Gasteiger charge is -2.16. The molecule has 0 radical (unpaired) electrons. The van der Waals surface area contributed by atoms with Crippen molar-refractivity contribution in [1.82, 2.24) is 14.5 Å². The largest absolute Gasteiger partial charge is 0.445 e. The Morgan fingerprint density at radius 1 is 1.13 bits per heavy atom. The van der Waals surface area contributed by atoms with E-state index >= 15 is 0 Å². The normalized spacial score (nSPS) is 19.4. The molecule has 5 nitrogen and oxygen atoms in total. The van der Waals surface area contributed by atoms with Crippen LogP contribution in [-0.2, 0) is 13.0 Å². The van der Waals surface area contributed by atoms with E-state index in [0.29, 0.717) is 25.3 Å². The zero-order valence-electron chi connectivity index (χ0n) is 16.6. The number of aromatic nitrogens is 2. The van der Waals surface area contributed by atoms with Crippen LogP contribution in [0.5, 0.6) is 0 Å². The molecule has 1 atom stereocenters. The van der Waals surface area contributed by atoms with Crippen molar-refractivity contribution in [1.29, 1.82) is 0 Å². The molecule has 1 fully saturated rings. The molecule has 2 aromatic carbocycles. The number of carbonyl (C=O) groups is 1. The third kappa shape index (κ3) is 2.70. The molecule has 1 aliphatic heterocycles. The first-order chi connectivity index (χ1) is 14.7. The zero-order chi connectivity index (χ0) is 20.2. The molecule has 4 aromatic rings. The molecule has 0 amide bonds. The minimum atomic E-state index is -0.708. The van der Waals surface area contributed by atoms with E-state index in [0.717, 1.165) is 64.6 Å². The molecule has 1 aliphatic carbocycles. The van der Waals surface area contributed by atoms with Crippen LogP contribution in [0.2, 0.25) is 0 Å². The first-order valence-electron chi connectivity index (χ1n) is 10.6. The van der Waals surface area contributed by atoms with Gasteiger partial charge >= 0.3 is 0 Å². The molecular formula is C24H22FN3O2. The Labute approximate surface area is 173 Å². The number of alkyl halides is 1. The highest BCUT2D eigenvalue weighted by atomic mass is 19.1. The number of aryl methyl sites for hydroxylation is 1. The second-order valence-electron chi connectivity index (χ2n) is 8.32. The summed E-state index contributed by atoms with van der Waals surface area (Å²) >= 11 is 0. The van der Waals surface area contributed by atoms with Crippen LogP contribution < -0.4 is 0 Å². The van der Waals surface area contributed by atoms with Crippen molar-refractivity contribution < 1.29 is 13.6 Å². The van der Waals surface area contributed by atoms with E-state index in [-0.39, 0.29) is 5.78 Å². The van der Waals surface area contributed by atoms with Crippen molar-refractivity contribution in [3.05, 3.63) is 53.9 Å². The molecule has 30 heavy (non-hydrogen) atoms. The number of benzene rings is 2. The fourth-order valence-electron chi connectivity index (χ4n) is 5.13. The fraction of sp³-hybridized carbons (Fsp3) is 0.333. The molecule has 1 saturated heterocycles. The molecule has 0 unspecified atom stereocenters. The Kier molecular flexibility index (Phi) is 4.03. The Bertz CT molecular complexity index is 1280. The number of oxazole rings is 1. The van der Waals surface area contributed by atoms with Gasteiger partial charge in [-0.05, 0) is 48.7 Å². The number of hydrogen-bond acceptors (Lipinski definition) is 4. The van der Waals surface area contributed by atoms with Gasteiger partial charge in [0.15, 0.2) is 5.78 Å². The van der Waals surface area contributed by atoms with Crippen LogP contribution in [-0.4, -0.2) is 46.0 Å². The number of hydrogen-bond donors (Lipinski definition) is 0. The van der Waals surface area contributed by atoms with Crippen molar-refractivity contribution in [3.63, 3.8) is 0 Å². The maximum absolute atomic E-state index is 13.6. The molecule has 3 heterocycles. The van der Waals surface area contributed by atoms with Crippen LogP contribution in [0.1, 0.15) is 28.8 Å². The Hall–Kier alpha value is -2.99. The standard InChI is InChI=1S/C24H22FN3O2/c25-16-7-9-27(14-16)10-11-28-20-4-1-15(24-26-8-12-30-24)13-19(20)23-18-3-6-22(29)17(18)2-5-21(23)28/h1-2,4-5,8,12-13,16H,3,6-7,9-11,14H2/t16-/m1/s1. The molecule has 0 N–H and O–H groups in total. The number of halogens is 1. The van der Waals surface area contributed by atoms with Gasteiger partial charge in [0.1, 0.15) is 12.4 Å². The van der Waals surface area contributed by atoms with Gasteiger partial charge in [0, 0.05) is 65.5 Å². The molecule has 2 aromatic heterocycles. The predicted octanol–water partition coefficient (Wildman–Crippen LogP) is 4.62. The highest BCUT2D eigenvalue weighted by Gasteiger charge is 2.26. The molecule has 0 spiro atoms. The third-order valence-corrected chi connectivity index (χ3v) is 6.57. The van der Waals surface area contributed by atoms with E-state index in [1.165, 1.54) is 0 Å². The van der Waals surface area contributed by atoms with Crippen LogP contribution >= 0.6 is 0 Å². The molecular weight excluding hydrogens is 381 g/mol. The van der Waals surface area contributed by atoms with Gasteiger partial charge in [-0.1, -0.05) is 0 Å². The SMILES string of the molecule is O=C1CCc2c1ccc1c2c2cc(-c3ncco3)ccc2n1CCN1CC[C@@H](F)C1. The fourth-order valence-corrected chi connectivity index (χ4v) is 5.13. The number of Topliss-reactive ketones (excluding diaryl/α,β-unsaturated/α-hetero) is 1. The first-order valence-corrected chi connectivity index (χ1v) is 10.6. The summed E-state index contributed by atoms with van der Waals surface area (Å²) in [7, 11) is 0. The number of rotatable bonds is 4. The van der Waals surface area contributed by atoms with Gasteiger partial charge in [0.25, 0.3) is 0 Å². The van der Waals surface area contributed by atoms with Crippen LogP contribution in [0, 0.1) is 0 Å². The quantitative estimate of drug-likeness (QED) is 0.499. The Morgan fingerprint density at radius 3 is 2.83 bits per heavy atom. The highest BCUT2D eigenvalue weighted by molar-refractivity contribution is 6.15.